The summed E-state index contributed by atoms with van der Waals surface area (Å²) in [6.45, 7) is 1.94. The van der Waals surface area contributed by atoms with Gasteiger partial charge in [-0.15, -0.1) is 0 Å². The highest BCUT2D eigenvalue weighted by Gasteiger charge is 2.08. The Morgan fingerprint density at radius 2 is 2.36 bits per heavy atom. The average Bonchev–Trinajstić information content (AvgIpc) is 2.59. The molecule has 4 heteroatoms. The van der Waals surface area contributed by atoms with Gasteiger partial charge in [0, 0.05) is 8.96 Å². The predicted octanol–water partition coefficient (Wildman–Crippen LogP) is 2.32. The lowest BCUT2D eigenvalue weighted by atomic mass is 10.2. The monoisotopic (exact) mass is 300 g/mol. The summed E-state index contributed by atoms with van der Waals surface area (Å²) in [6, 6.07) is 6.21. The van der Waals surface area contributed by atoms with E-state index in [0.717, 1.165) is 10.9 Å². The van der Waals surface area contributed by atoms with E-state index in [1.165, 1.54) is 3.57 Å². The Bertz CT molecular complexity index is 450. The van der Waals surface area contributed by atoms with Crippen LogP contribution in [0.1, 0.15) is 13.1 Å². The SMILES string of the molecule is C[CH]C(N)n1ncc2ccc(I)cc21. The highest BCUT2D eigenvalue weighted by molar-refractivity contribution is 14.1. The third kappa shape index (κ3) is 1.64. The molecule has 0 aliphatic heterocycles. The summed E-state index contributed by atoms with van der Waals surface area (Å²) in [4.78, 5) is 0. The van der Waals surface area contributed by atoms with Gasteiger partial charge in [-0.3, -0.25) is 0 Å². The molecule has 73 valence electrons. The van der Waals surface area contributed by atoms with E-state index in [0.29, 0.717) is 0 Å². The third-order valence-electron chi connectivity index (χ3n) is 2.18. The Labute approximate surface area is 96.4 Å². The van der Waals surface area contributed by atoms with Crippen LogP contribution in [0.25, 0.3) is 10.9 Å². The van der Waals surface area contributed by atoms with Gasteiger partial charge < -0.3 is 5.73 Å². The summed E-state index contributed by atoms with van der Waals surface area (Å²) < 4.78 is 3.03. The standard InChI is InChI=1S/C10H11IN3/c1-2-10(12)14-9-5-8(11)4-3-7(9)6-13-14/h2-6,10H,12H2,1H3. The number of hydrogen-bond donors (Lipinski definition) is 1. The summed E-state index contributed by atoms with van der Waals surface area (Å²) >= 11 is 2.29. The van der Waals surface area contributed by atoms with Gasteiger partial charge in [0.05, 0.1) is 11.7 Å². The number of rotatable bonds is 2. The van der Waals surface area contributed by atoms with E-state index < -0.39 is 0 Å². The molecule has 2 rings (SSSR count). The first kappa shape index (κ1) is 9.92. The second-order valence-corrected chi connectivity index (χ2v) is 4.36. The molecule has 14 heavy (non-hydrogen) atoms. The molecule has 0 saturated heterocycles. The predicted molar refractivity (Wildman–Crippen MR) is 65.6 cm³/mol. The van der Waals surface area contributed by atoms with Gasteiger partial charge in [-0.05, 0) is 41.1 Å². The third-order valence-corrected chi connectivity index (χ3v) is 2.86. The lowest BCUT2D eigenvalue weighted by molar-refractivity contribution is 0.544. The van der Waals surface area contributed by atoms with Crippen molar-refractivity contribution in [3.63, 3.8) is 0 Å². The number of nitrogens with two attached hydrogens (primary N) is 1. The molecule has 1 aromatic carbocycles. The quantitative estimate of drug-likeness (QED) is 0.865. The van der Waals surface area contributed by atoms with Crippen molar-refractivity contribution in [2.75, 3.05) is 0 Å². The number of aromatic nitrogens is 2. The van der Waals surface area contributed by atoms with Crippen molar-refractivity contribution in [2.24, 2.45) is 5.73 Å². The molecule has 0 spiro atoms. The van der Waals surface area contributed by atoms with Gasteiger partial charge in [0.1, 0.15) is 6.17 Å². The lowest BCUT2D eigenvalue weighted by Crippen LogP contribution is -2.18. The number of halogens is 1. The van der Waals surface area contributed by atoms with Crippen LogP contribution in [0, 0.1) is 9.99 Å². The molecule has 0 fully saturated rings. The zero-order chi connectivity index (χ0) is 10.1. The Hall–Kier alpha value is -0.620. The normalized spacial score (nSPS) is 13.4. The van der Waals surface area contributed by atoms with Gasteiger partial charge in [-0.25, -0.2) is 4.68 Å². The number of benzene rings is 1. The molecule has 3 nitrogen and oxygen atoms in total. The van der Waals surface area contributed by atoms with Crippen molar-refractivity contribution in [1.82, 2.24) is 9.78 Å². The first-order chi connectivity index (χ1) is 6.72. The van der Waals surface area contributed by atoms with Crippen LogP contribution in [0.2, 0.25) is 0 Å². The van der Waals surface area contributed by atoms with Crippen LogP contribution in [0.15, 0.2) is 24.4 Å². The Morgan fingerprint density at radius 3 is 3.07 bits per heavy atom. The summed E-state index contributed by atoms with van der Waals surface area (Å²) in [5, 5.41) is 5.39. The van der Waals surface area contributed by atoms with E-state index in [2.05, 4.69) is 45.9 Å². The van der Waals surface area contributed by atoms with E-state index in [1.54, 1.807) is 0 Å². The minimum absolute atomic E-state index is 0.148. The Kier molecular flexibility index (Phi) is 2.73. The molecule has 1 atom stereocenters. The Morgan fingerprint density at radius 1 is 1.57 bits per heavy atom. The van der Waals surface area contributed by atoms with Crippen molar-refractivity contribution < 1.29 is 0 Å². The highest BCUT2D eigenvalue weighted by atomic mass is 127. The first-order valence-corrected chi connectivity index (χ1v) is 5.48. The summed E-state index contributed by atoms with van der Waals surface area (Å²) in [7, 11) is 0. The highest BCUT2D eigenvalue weighted by Crippen LogP contribution is 2.19. The van der Waals surface area contributed by atoms with E-state index in [-0.39, 0.29) is 6.17 Å². The topological polar surface area (TPSA) is 43.8 Å². The largest absolute Gasteiger partial charge is 0.309 e. The molecule has 0 aliphatic carbocycles. The molecule has 2 N–H and O–H groups in total. The van der Waals surface area contributed by atoms with Crippen LogP contribution in [-0.2, 0) is 0 Å². The molecular formula is C10H11IN3. The fraction of sp³-hybridized carbons (Fsp3) is 0.200. The summed E-state index contributed by atoms with van der Waals surface area (Å²) in [5.41, 5.74) is 6.98. The van der Waals surface area contributed by atoms with E-state index >= 15 is 0 Å². The molecule has 0 bridgehead atoms. The van der Waals surface area contributed by atoms with Crippen LogP contribution in [0.3, 0.4) is 0 Å². The number of hydrogen-bond acceptors (Lipinski definition) is 2. The van der Waals surface area contributed by atoms with Crippen molar-refractivity contribution in [3.8, 4) is 0 Å². The van der Waals surface area contributed by atoms with E-state index in [1.807, 2.05) is 24.2 Å². The lowest BCUT2D eigenvalue weighted by Gasteiger charge is -2.10. The van der Waals surface area contributed by atoms with Gasteiger partial charge in [0.15, 0.2) is 0 Å². The zero-order valence-corrected chi connectivity index (χ0v) is 9.97. The number of fused-ring (bicyclic) bond motifs is 1. The molecule has 1 unspecified atom stereocenters. The first-order valence-electron chi connectivity index (χ1n) is 4.40. The Balaban J connectivity index is 2.61. The number of nitrogens with zero attached hydrogens (tertiary/aromatic N) is 2. The fourth-order valence-electron chi connectivity index (χ4n) is 1.39. The maximum atomic E-state index is 5.90. The second-order valence-electron chi connectivity index (χ2n) is 3.12. The second kappa shape index (κ2) is 3.86. The van der Waals surface area contributed by atoms with Crippen LogP contribution < -0.4 is 5.73 Å². The van der Waals surface area contributed by atoms with Gasteiger partial charge in [-0.1, -0.05) is 13.0 Å². The minimum Gasteiger partial charge on any atom is -0.309 e. The van der Waals surface area contributed by atoms with Crippen LogP contribution in [0.4, 0.5) is 0 Å². The van der Waals surface area contributed by atoms with Gasteiger partial charge in [0.2, 0.25) is 0 Å². The van der Waals surface area contributed by atoms with Crippen molar-refractivity contribution >= 4 is 33.5 Å². The van der Waals surface area contributed by atoms with Crippen molar-refractivity contribution in [1.29, 1.82) is 0 Å². The van der Waals surface area contributed by atoms with Crippen molar-refractivity contribution in [3.05, 3.63) is 34.4 Å². The molecule has 2 aromatic rings. The molecular weight excluding hydrogens is 289 g/mol. The molecule has 1 radical (unpaired) electrons. The molecule has 0 amide bonds. The molecule has 0 aliphatic rings. The van der Waals surface area contributed by atoms with Crippen molar-refractivity contribution in [2.45, 2.75) is 13.1 Å². The minimum atomic E-state index is -0.148. The average molecular weight is 300 g/mol. The van der Waals surface area contributed by atoms with Gasteiger partial charge in [0.25, 0.3) is 0 Å². The smallest absolute Gasteiger partial charge is 0.102 e. The summed E-state index contributed by atoms with van der Waals surface area (Å²) in [6.07, 6.45) is 3.62. The molecule has 1 aromatic heterocycles. The van der Waals surface area contributed by atoms with Crippen LogP contribution >= 0.6 is 22.6 Å². The van der Waals surface area contributed by atoms with Gasteiger partial charge >= 0.3 is 0 Å². The summed E-state index contributed by atoms with van der Waals surface area (Å²) in [5.74, 6) is 0. The van der Waals surface area contributed by atoms with Crippen LogP contribution in [-0.4, -0.2) is 9.78 Å². The zero-order valence-electron chi connectivity index (χ0n) is 7.81. The van der Waals surface area contributed by atoms with Crippen LogP contribution in [0.5, 0.6) is 0 Å². The molecule has 1 heterocycles. The maximum absolute atomic E-state index is 5.90. The van der Waals surface area contributed by atoms with Gasteiger partial charge in [-0.2, -0.15) is 5.10 Å². The molecule has 0 saturated carbocycles. The maximum Gasteiger partial charge on any atom is 0.102 e. The van der Waals surface area contributed by atoms with E-state index in [4.69, 9.17) is 5.73 Å². The van der Waals surface area contributed by atoms with E-state index in [9.17, 15) is 0 Å². The fourth-order valence-corrected chi connectivity index (χ4v) is 1.86.